The van der Waals surface area contributed by atoms with Crippen molar-refractivity contribution in [3.05, 3.63) is 60.7 Å². The van der Waals surface area contributed by atoms with Crippen LogP contribution in [0.1, 0.15) is 11.1 Å². The van der Waals surface area contributed by atoms with Crippen molar-refractivity contribution in [1.29, 1.82) is 0 Å². The standard InChI is InChI=1S/C17H11F7I2N2O/c18-15(19,16(20,21)22)17(23,24)28-27-8-11-6-12(25)14(13(26)7-11)29-9-10-4-2-1-3-5-10/h1-8,28H,9H2/b27-8+. The van der Waals surface area contributed by atoms with Gasteiger partial charge in [0.25, 0.3) is 0 Å². The van der Waals surface area contributed by atoms with Gasteiger partial charge in [-0.25, -0.2) is 5.43 Å². The normalized spacial score (nSPS) is 13.0. The van der Waals surface area contributed by atoms with E-state index in [4.69, 9.17) is 4.74 Å². The fourth-order valence-corrected chi connectivity index (χ4v) is 4.09. The highest BCUT2D eigenvalue weighted by Gasteiger charge is 2.73. The van der Waals surface area contributed by atoms with E-state index in [9.17, 15) is 30.7 Å². The third-order valence-electron chi connectivity index (χ3n) is 3.42. The maximum atomic E-state index is 13.2. The Hall–Kier alpha value is -1.32. The molecule has 1 N–H and O–H groups in total. The molecule has 0 aliphatic heterocycles. The average Bonchev–Trinajstić information content (AvgIpc) is 2.60. The fraction of sp³-hybridized carbons (Fsp3) is 0.235. The molecule has 0 spiro atoms. The lowest BCUT2D eigenvalue weighted by Gasteiger charge is -2.27. The predicted molar refractivity (Wildman–Crippen MR) is 109 cm³/mol. The van der Waals surface area contributed by atoms with Gasteiger partial charge in [-0.3, -0.25) is 0 Å². The second kappa shape index (κ2) is 9.22. The van der Waals surface area contributed by atoms with Crippen molar-refractivity contribution >= 4 is 51.4 Å². The Morgan fingerprint density at radius 2 is 1.48 bits per heavy atom. The zero-order valence-corrected chi connectivity index (χ0v) is 18.4. The molecular formula is C17H11F7I2N2O. The molecule has 0 saturated heterocycles. The molecule has 0 amide bonds. The van der Waals surface area contributed by atoms with Gasteiger partial charge in [0.05, 0.1) is 13.4 Å². The van der Waals surface area contributed by atoms with Gasteiger partial charge in [0.15, 0.2) is 0 Å². The molecule has 0 saturated carbocycles. The number of nitrogens with one attached hydrogen (secondary N) is 1. The van der Waals surface area contributed by atoms with Crippen molar-refractivity contribution in [1.82, 2.24) is 5.43 Å². The highest BCUT2D eigenvalue weighted by molar-refractivity contribution is 14.1. The smallest absolute Gasteiger partial charge is 0.462 e. The van der Waals surface area contributed by atoms with Crippen LogP contribution in [0.2, 0.25) is 0 Å². The predicted octanol–water partition coefficient (Wildman–Crippen LogP) is 6.19. The molecule has 0 heterocycles. The van der Waals surface area contributed by atoms with E-state index in [1.807, 2.05) is 75.5 Å². The summed E-state index contributed by atoms with van der Waals surface area (Å²) in [6.07, 6.45) is -5.72. The van der Waals surface area contributed by atoms with Gasteiger partial charge < -0.3 is 4.74 Å². The molecule has 0 aliphatic rings. The number of hydrazone groups is 1. The van der Waals surface area contributed by atoms with Crippen LogP contribution in [0.25, 0.3) is 0 Å². The number of hydrogen-bond donors (Lipinski definition) is 1. The summed E-state index contributed by atoms with van der Waals surface area (Å²) < 4.78 is 95.1. The van der Waals surface area contributed by atoms with Crippen LogP contribution in [0.15, 0.2) is 47.6 Å². The van der Waals surface area contributed by atoms with Gasteiger partial charge in [0.2, 0.25) is 0 Å². The monoisotopic (exact) mass is 646 g/mol. The first-order valence-electron chi connectivity index (χ1n) is 7.63. The summed E-state index contributed by atoms with van der Waals surface area (Å²) >= 11 is 3.83. The Morgan fingerprint density at radius 1 is 0.931 bits per heavy atom. The number of ether oxygens (including phenoxy) is 1. The quantitative estimate of drug-likeness (QED) is 0.128. The second-order valence-electron chi connectivity index (χ2n) is 5.60. The molecule has 0 fully saturated rings. The Labute approximate surface area is 188 Å². The highest BCUT2D eigenvalue weighted by Crippen LogP contribution is 2.45. The van der Waals surface area contributed by atoms with Crippen LogP contribution in [-0.2, 0) is 6.61 Å². The van der Waals surface area contributed by atoms with Gasteiger partial charge in [-0.1, -0.05) is 30.3 Å². The van der Waals surface area contributed by atoms with Crippen molar-refractivity contribution < 1.29 is 35.5 Å². The summed E-state index contributed by atoms with van der Waals surface area (Å²) in [5, 5.41) is 2.85. The van der Waals surface area contributed by atoms with Crippen molar-refractivity contribution in [2.45, 2.75) is 24.8 Å². The first kappa shape index (κ1) is 24.0. The second-order valence-corrected chi connectivity index (χ2v) is 7.93. The molecule has 29 heavy (non-hydrogen) atoms. The number of halogens is 9. The van der Waals surface area contributed by atoms with Crippen LogP contribution in [0.5, 0.6) is 5.75 Å². The Kier molecular flexibility index (Phi) is 7.62. The minimum atomic E-state index is -6.43. The molecule has 0 aromatic heterocycles. The maximum Gasteiger partial charge on any atom is 0.462 e. The van der Waals surface area contributed by atoms with Gasteiger partial charge in [-0.15, -0.1) is 0 Å². The molecule has 12 heteroatoms. The Bertz CT molecular complexity index is 851. The van der Waals surface area contributed by atoms with Crippen molar-refractivity contribution in [3.63, 3.8) is 0 Å². The molecule has 0 atom stereocenters. The molecular weight excluding hydrogens is 635 g/mol. The summed E-state index contributed by atoms with van der Waals surface area (Å²) in [6.45, 7) is 0.278. The van der Waals surface area contributed by atoms with Crippen molar-refractivity contribution in [2.24, 2.45) is 5.10 Å². The fourth-order valence-electron chi connectivity index (χ4n) is 1.96. The number of rotatable bonds is 7. The third kappa shape index (κ3) is 5.86. The van der Waals surface area contributed by atoms with E-state index < -0.39 is 18.1 Å². The zero-order valence-electron chi connectivity index (χ0n) is 14.1. The summed E-state index contributed by atoms with van der Waals surface area (Å²) in [7, 11) is 0. The largest absolute Gasteiger partial charge is 0.487 e. The number of hydrogen-bond acceptors (Lipinski definition) is 3. The molecule has 2 aromatic carbocycles. The molecule has 0 bridgehead atoms. The minimum absolute atomic E-state index is 0.199. The van der Waals surface area contributed by atoms with Crippen molar-refractivity contribution in [3.8, 4) is 5.75 Å². The van der Waals surface area contributed by atoms with E-state index in [-0.39, 0.29) is 12.2 Å². The number of nitrogens with zero attached hydrogens (tertiary/aromatic N) is 1. The van der Waals surface area contributed by atoms with Gasteiger partial charge in [0, 0.05) is 0 Å². The summed E-state index contributed by atoms with van der Waals surface area (Å²) in [5.74, 6) is -5.77. The maximum absolute atomic E-state index is 13.2. The summed E-state index contributed by atoms with van der Waals surface area (Å²) in [6, 6.07) is 6.57. The summed E-state index contributed by atoms with van der Waals surface area (Å²) in [5.41, 5.74) is 1.70. The van der Waals surface area contributed by atoms with E-state index in [1.165, 1.54) is 12.1 Å². The highest BCUT2D eigenvalue weighted by atomic mass is 127. The van der Waals surface area contributed by atoms with E-state index in [0.29, 0.717) is 24.5 Å². The van der Waals surface area contributed by atoms with Crippen molar-refractivity contribution in [2.75, 3.05) is 0 Å². The lowest BCUT2D eigenvalue weighted by molar-refractivity contribution is -0.361. The average molecular weight is 646 g/mol. The van der Waals surface area contributed by atoms with Crippen LogP contribution in [-0.4, -0.2) is 24.4 Å². The number of benzene rings is 2. The molecule has 0 radical (unpaired) electrons. The molecule has 158 valence electrons. The first-order valence-corrected chi connectivity index (χ1v) is 9.79. The zero-order chi connectivity index (χ0) is 21.9. The lowest BCUT2D eigenvalue weighted by Crippen LogP contribution is -2.58. The topological polar surface area (TPSA) is 33.6 Å². The first-order chi connectivity index (χ1) is 13.3. The van der Waals surface area contributed by atoms with Gasteiger partial charge >= 0.3 is 18.1 Å². The molecule has 2 rings (SSSR count). The van der Waals surface area contributed by atoms with Crippen LogP contribution < -0.4 is 10.2 Å². The Morgan fingerprint density at radius 3 is 2.00 bits per heavy atom. The SMILES string of the molecule is FC(F)(F)C(F)(F)C(F)(F)N/N=C/c1cc(I)c(OCc2ccccc2)c(I)c1. The Balaban J connectivity index is 2.10. The molecule has 0 aliphatic carbocycles. The van der Waals surface area contributed by atoms with Crippen LogP contribution in [0, 0.1) is 7.14 Å². The van der Waals surface area contributed by atoms with Gasteiger partial charge in [-0.05, 0) is 68.4 Å². The minimum Gasteiger partial charge on any atom is -0.487 e. The molecule has 2 aromatic rings. The summed E-state index contributed by atoms with van der Waals surface area (Å²) in [4.78, 5) is 0. The van der Waals surface area contributed by atoms with E-state index in [2.05, 4.69) is 5.10 Å². The van der Waals surface area contributed by atoms with Crippen LogP contribution in [0.3, 0.4) is 0 Å². The van der Waals surface area contributed by atoms with E-state index >= 15 is 0 Å². The van der Waals surface area contributed by atoms with Crippen LogP contribution >= 0.6 is 45.2 Å². The lowest BCUT2D eigenvalue weighted by atomic mass is 10.2. The van der Waals surface area contributed by atoms with E-state index in [1.54, 1.807) is 0 Å². The van der Waals surface area contributed by atoms with Crippen LogP contribution in [0.4, 0.5) is 30.7 Å². The van der Waals surface area contributed by atoms with Gasteiger partial charge in [-0.2, -0.15) is 35.8 Å². The van der Waals surface area contributed by atoms with Gasteiger partial charge in [0.1, 0.15) is 12.4 Å². The van der Waals surface area contributed by atoms with E-state index in [0.717, 1.165) is 5.56 Å². The molecule has 0 unspecified atom stereocenters. The molecule has 3 nitrogen and oxygen atoms in total. The third-order valence-corrected chi connectivity index (χ3v) is 5.02. The number of alkyl halides is 7.